The molecule has 1 saturated heterocycles. The van der Waals surface area contributed by atoms with Crippen LogP contribution in [-0.4, -0.2) is 62.4 Å². The summed E-state index contributed by atoms with van der Waals surface area (Å²) in [6.45, 7) is 11.0. The maximum Gasteiger partial charge on any atom is 0.257 e. The highest BCUT2D eigenvalue weighted by Gasteiger charge is 2.18. The van der Waals surface area contributed by atoms with Crippen molar-refractivity contribution in [3.8, 4) is 5.95 Å². The van der Waals surface area contributed by atoms with E-state index in [2.05, 4.69) is 100 Å². The maximum atomic E-state index is 13.7. The minimum Gasteiger partial charge on any atom is -0.369 e. The number of aryl methyl sites for hydroxylation is 2. The Morgan fingerprint density at radius 3 is 1.83 bits per heavy atom. The van der Waals surface area contributed by atoms with E-state index in [9.17, 15) is 8.78 Å². The van der Waals surface area contributed by atoms with Gasteiger partial charge in [-0.05, 0) is 44.0 Å². The Morgan fingerprint density at radius 2 is 1.28 bits per heavy atom. The maximum absolute atomic E-state index is 13.7. The van der Waals surface area contributed by atoms with Crippen molar-refractivity contribution < 1.29 is 8.78 Å². The van der Waals surface area contributed by atoms with Crippen LogP contribution in [0.3, 0.4) is 0 Å². The Kier molecular flexibility index (Phi) is 9.82. The van der Waals surface area contributed by atoms with Crippen LogP contribution in [-0.2, 0) is 13.1 Å². The lowest BCUT2D eigenvalue weighted by atomic mass is 10.1. The van der Waals surface area contributed by atoms with Gasteiger partial charge in [0.2, 0.25) is 11.9 Å². The second kappa shape index (κ2) is 14.5. The molecule has 1 aliphatic heterocycles. The van der Waals surface area contributed by atoms with Gasteiger partial charge in [0.15, 0.2) is 0 Å². The molecule has 2 N–H and O–H groups in total. The number of piperazine rings is 1. The van der Waals surface area contributed by atoms with Crippen molar-refractivity contribution in [2.24, 2.45) is 0 Å². The highest BCUT2D eigenvalue weighted by molar-refractivity contribution is 5.52. The van der Waals surface area contributed by atoms with Crippen molar-refractivity contribution in [2.45, 2.75) is 33.9 Å². The van der Waals surface area contributed by atoms with Gasteiger partial charge in [0.25, 0.3) is 5.95 Å². The standard InChI is InChI=1S/C36H39F2N9/c1-25-6-10-28(11-7-25)22-39-34-42-35(40-23-29-12-8-26(2)9-13-29)44-36(43-34)47-27(3)30(24-41-47)5-4-14-45-15-17-46(18-16-45)33-20-31(37)19-32(38)21-33/h4-13,19-21,24H,14-18,22-23H2,1-3H3,(H2,39,40,42,43,44)/b5-4+. The van der Waals surface area contributed by atoms with E-state index in [0.29, 0.717) is 49.7 Å². The van der Waals surface area contributed by atoms with Crippen LogP contribution in [0.25, 0.3) is 12.0 Å². The summed E-state index contributed by atoms with van der Waals surface area (Å²) in [5.41, 5.74) is 7.11. The summed E-state index contributed by atoms with van der Waals surface area (Å²) < 4.78 is 29.1. The summed E-state index contributed by atoms with van der Waals surface area (Å²) in [7, 11) is 0. The molecule has 6 rings (SSSR count). The van der Waals surface area contributed by atoms with E-state index in [4.69, 9.17) is 9.97 Å². The van der Waals surface area contributed by atoms with E-state index < -0.39 is 11.6 Å². The van der Waals surface area contributed by atoms with Crippen LogP contribution in [0.5, 0.6) is 0 Å². The minimum absolute atomic E-state index is 0.417. The molecule has 0 saturated carbocycles. The lowest BCUT2D eigenvalue weighted by molar-refractivity contribution is 0.284. The second-order valence-electron chi connectivity index (χ2n) is 11.9. The summed E-state index contributed by atoms with van der Waals surface area (Å²) in [5, 5.41) is 11.3. The van der Waals surface area contributed by atoms with Gasteiger partial charge in [-0.25, -0.2) is 13.5 Å². The monoisotopic (exact) mass is 635 g/mol. The Morgan fingerprint density at radius 1 is 0.723 bits per heavy atom. The number of nitrogens with one attached hydrogen (secondary N) is 2. The first-order valence-corrected chi connectivity index (χ1v) is 15.8. The fourth-order valence-corrected chi connectivity index (χ4v) is 5.42. The first-order chi connectivity index (χ1) is 22.8. The number of nitrogens with zero attached hydrogens (tertiary/aromatic N) is 7. The van der Waals surface area contributed by atoms with Crippen LogP contribution < -0.4 is 15.5 Å². The normalized spacial score (nSPS) is 13.8. The topological polar surface area (TPSA) is 87.0 Å². The van der Waals surface area contributed by atoms with Crippen molar-refractivity contribution in [1.82, 2.24) is 29.6 Å². The zero-order valence-electron chi connectivity index (χ0n) is 26.9. The third kappa shape index (κ3) is 8.36. The van der Waals surface area contributed by atoms with Gasteiger partial charge in [0.1, 0.15) is 11.6 Å². The fraction of sp³-hybridized carbons (Fsp3) is 0.278. The molecule has 0 radical (unpaired) electrons. The second-order valence-corrected chi connectivity index (χ2v) is 11.9. The molecule has 1 fully saturated rings. The third-order valence-electron chi connectivity index (χ3n) is 8.25. The molecule has 1 aliphatic rings. The van der Waals surface area contributed by atoms with Gasteiger partial charge in [-0.2, -0.15) is 20.1 Å². The van der Waals surface area contributed by atoms with E-state index in [1.165, 1.54) is 23.3 Å². The molecular formula is C36H39F2N9. The molecule has 5 aromatic rings. The molecule has 3 aromatic carbocycles. The van der Waals surface area contributed by atoms with Crippen LogP contribution in [0.1, 0.15) is 33.5 Å². The zero-order valence-corrected chi connectivity index (χ0v) is 26.9. The Labute approximate surface area is 274 Å². The van der Waals surface area contributed by atoms with E-state index >= 15 is 0 Å². The number of anilines is 3. The molecule has 9 nitrogen and oxygen atoms in total. The lowest BCUT2D eigenvalue weighted by Crippen LogP contribution is -2.46. The number of halogens is 2. The van der Waals surface area contributed by atoms with Crippen molar-refractivity contribution in [1.29, 1.82) is 0 Å². The average Bonchev–Trinajstić information content (AvgIpc) is 3.43. The van der Waals surface area contributed by atoms with Crippen molar-refractivity contribution in [2.75, 3.05) is 48.3 Å². The summed E-state index contributed by atoms with van der Waals surface area (Å²) in [6, 6.07) is 20.4. The summed E-state index contributed by atoms with van der Waals surface area (Å²) in [4.78, 5) is 18.4. The molecule has 0 amide bonds. The van der Waals surface area contributed by atoms with Gasteiger partial charge in [-0.15, -0.1) is 0 Å². The lowest BCUT2D eigenvalue weighted by Gasteiger charge is -2.35. The third-order valence-corrected chi connectivity index (χ3v) is 8.25. The van der Waals surface area contributed by atoms with Gasteiger partial charge >= 0.3 is 0 Å². The van der Waals surface area contributed by atoms with Gasteiger partial charge in [-0.1, -0.05) is 71.8 Å². The van der Waals surface area contributed by atoms with Crippen LogP contribution in [0.4, 0.5) is 26.4 Å². The number of hydrogen-bond donors (Lipinski definition) is 2. The van der Waals surface area contributed by atoms with Gasteiger partial charge in [0.05, 0.1) is 11.9 Å². The molecule has 0 spiro atoms. The molecule has 0 aliphatic carbocycles. The molecule has 3 heterocycles. The molecule has 47 heavy (non-hydrogen) atoms. The Balaban J connectivity index is 1.13. The van der Waals surface area contributed by atoms with Crippen LogP contribution in [0, 0.1) is 32.4 Å². The van der Waals surface area contributed by atoms with Gasteiger partial charge in [-0.3, -0.25) is 4.90 Å². The molecule has 0 bridgehead atoms. The SMILES string of the molecule is Cc1ccc(CNc2nc(NCc3ccc(C)cc3)nc(-n3ncc(/C=C/CN4CCN(c5cc(F)cc(F)c5)CC4)c3C)n2)cc1. The largest absolute Gasteiger partial charge is 0.369 e. The predicted octanol–water partition coefficient (Wildman–Crippen LogP) is 6.32. The van der Waals surface area contributed by atoms with Crippen molar-refractivity contribution >= 4 is 23.7 Å². The quantitative estimate of drug-likeness (QED) is 0.174. The van der Waals surface area contributed by atoms with Crippen molar-refractivity contribution in [3.05, 3.63) is 124 Å². The zero-order chi connectivity index (χ0) is 32.8. The molecular weight excluding hydrogens is 596 g/mol. The van der Waals surface area contributed by atoms with Crippen LogP contribution in [0.2, 0.25) is 0 Å². The predicted molar refractivity (Wildman–Crippen MR) is 183 cm³/mol. The Bertz CT molecular complexity index is 1740. The minimum atomic E-state index is -0.553. The fourth-order valence-electron chi connectivity index (χ4n) is 5.42. The molecule has 2 aromatic heterocycles. The molecule has 0 unspecified atom stereocenters. The van der Waals surface area contributed by atoms with E-state index in [-0.39, 0.29) is 0 Å². The Hall–Kier alpha value is -5.16. The molecule has 242 valence electrons. The summed E-state index contributed by atoms with van der Waals surface area (Å²) in [5.74, 6) is 0.217. The summed E-state index contributed by atoms with van der Waals surface area (Å²) in [6.07, 6.45) is 5.98. The molecule has 0 atom stereocenters. The van der Waals surface area contributed by atoms with E-state index in [0.717, 1.165) is 48.1 Å². The number of hydrogen-bond acceptors (Lipinski definition) is 8. The van der Waals surface area contributed by atoms with Gasteiger partial charge in [0, 0.05) is 63.1 Å². The molecule has 11 heteroatoms. The number of aromatic nitrogens is 5. The number of rotatable bonds is 11. The van der Waals surface area contributed by atoms with Crippen LogP contribution >= 0.6 is 0 Å². The average molecular weight is 636 g/mol. The van der Waals surface area contributed by atoms with Crippen molar-refractivity contribution in [3.63, 3.8) is 0 Å². The first kappa shape index (κ1) is 31.8. The van der Waals surface area contributed by atoms with E-state index in [1.807, 2.05) is 18.0 Å². The highest BCUT2D eigenvalue weighted by Crippen LogP contribution is 2.20. The van der Waals surface area contributed by atoms with Gasteiger partial charge < -0.3 is 15.5 Å². The first-order valence-electron chi connectivity index (χ1n) is 15.8. The smallest absolute Gasteiger partial charge is 0.257 e. The number of benzene rings is 3. The highest BCUT2D eigenvalue weighted by atomic mass is 19.1. The van der Waals surface area contributed by atoms with Crippen LogP contribution in [0.15, 0.2) is 79.0 Å². The van der Waals surface area contributed by atoms with E-state index in [1.54, 1.807) is 4.68 Å². The summed E-state index contributed by atoms with van der Waals surface area (Å²) >= 11 is 0.